The number of pyridine rings is 1. The molecule has 3 rings (SSSR count). The summed E-state index contributed by atoms with van der Waals surface area (Å²) in [5.41, 5.74) is 0.570. The van der Waals surface area contributed by atoms with Gasteiger partial charge in [-0.15, -0.1) is 11.8 Å². The molecule has 0 bridgehead atoms. The van der Waals surface area contributed by atoms with E-state index in [1.807, 2.05) is 0 Å². The van der Waals surface area contributed by atoms with Gasteiger partial charge in [-0.2, -0.15) is 0 Å². The van der Waals surface area contributed by atoms with Gasteiger partial charge in [0, 0.05) is 23.7 Å². The van der Waals surface area contributed by atoms with Gasteiger partial charge in [0.25, 0.3) is 0 Å². The van der Waals surface area contributed by atoms with Gasteiger partial charge >= 0.3 is 0 Å². The van der Waals surface area contributed by atoms with Crippen molar-refractivity contribution in [3.63, 3.8) is 0 Å². The van der Waals surface area contributed by atoms with Crippen molar-refractivity contribution >= 4 is 23.4 Å². The summed E-state index contributed by atoms with van der Waals surface area (Å²) in [6.07, 6.45) is 1.19. The number of halogens is 1. The Bertz CT molecular complexity index is 678. The van der Waals surface area contributed by atoms with Crippen LogP contribution >= 0.6 is 23.4 Å². The summed E-state index contributed by atoms with van der Waals surface area (Å²) in [4.78, 5) is 12.1. The van der Waals surface area contributed by atoms with E-state index in [0.717, 1.165) is 0 Å². The summed E-state index contributed by atoms with van der Waals surface area (Å²) in [5, 5.41) is 29.3. The normalized spacial score (nSPS) is 27.7. The molecule has 0 unspecified atom stereocenters. The second-order valence-corrected chi connectivity index (χ2v) is 6.47. The summed E-state index contributed by atoms with van der Waals surface area (Å²) in [6, 6.07) is 3.33. The first kappa shape index (κ1) is 16.4. The topological polar surface area (TPSA) is 109 Å². The zero-order valence-electron chi connectivity index (χ0n) is 11.8. The number of thioether (sulfide) groups is 1. The minimum Gasteiger partial charge on any atom is -0.474 e. The van der Waals surface area contributed by atoms with E-state index in [1.165, 1.54) is 18.1 Å². The zero-order chi connectivity index (χ0) is 16.4. The molecule has 7 nitrogen and oxygen atoms in total. The first-order chi connectivity index (χ1) is 11.1. The van der Waals surface area contributed by atoms with E-state index in [-0.39, 0.29) is 16.7 Å². The van der Waals surface area contributed by atoms with Crippen molar-refractivity contribution in [2.75, 3.05) is 5.75 Å². The van der Waals surface area contributed by atoms with Crippen LogP contribution in [0.3, 0.4) is 0 Å². The molecule has 1 fully saturated rings. The molecular formula is C14H14ClN3O4S. The van der Waals surface area contributed by atoms with Crippen LogP contribution in [0.2, 0.25) is 5.15 Å². The molecular weight excluding hydrogens is 342 g/mol. The Morgan fingerprint density at radius 3 is 2.57 bits per heavy atom. The molecule has 122 valence electrons. The number of aromatic nitrogens is 3. The number of ether oxygens (including phenoxy) is 1. The molecule has 1 saturated heterocycles. The standard InChI is InChI=1S/C14H14ClN3O4S/c15-13-10(22-14-12(21)11(20)9(19)5-23-14)2-1-8(18-13)7-3-16-6-17-4-7/h1-4,6,9,11-12,14,19-21H,5H2/t9-,11+,12-,14+/m1/s1. The van der Waals surface area contributed by atoms with Crippen molar-refractivity contribution in [3.05, 3.63) is 36.0 Å². The van der Waals surface area contributed by atoms with Gasteiger partial charge in [-0.25, -0.2) is 15.0 Å². The molecule has 0 aliphatic carbocycles. The van der Waals surface area contributed by atoms with E-state index < -0.39 is 23.7 Å². The van der Waals surface area contributed by atoms with E-state index >= 15 is 0 Å². The Hall–Kier alpha value is -1.45. The third kappa shape index (κ3) is 3.56. The lowest BCUT2D eigenvalue weighted by Gasteiger charge is -2.34. The second kappa shape index (κ2) is 6.98. The fraction of sp³-hybridized carbons (Fsp3) is 0.357. The molecule has 0 spiro atoms. The fourth-order valence-corrected chi connectivity index (χ4v) is 3.42. The number of nitrogens with zero attached hydrogens (tertiary/aromatic N) is 3. The van der Waals surface area contributed by atoms with Crippen molar-refractivity contribution < 1.29 is 20.1 Å². The average Bonchev–Trinajstić information content (AvgIpc) is 2.57. The minimum atomic E-state index is -1.26. The van der Waals surface area contributed by atoms with Crippen LogP contribution < -0.4 is 4.74 Å². The first-order valence-electron chi connectivity index (χ1n) is 6.80. The highest BCUT2D eigenvalue weighted by molar-refractivity contribution is 7.99. The number of hydrogen-bond donors (Lipinski definition) is 3. The van der Waals surface area contributed by atoms with Crippen LogP contribution in [0.1, 0.15) is 0 Å². The molecule has 3 N–H and O–H groups in total. The number of aliphatic hydroxyl groups is 3. The van der Waals surface area contributed by atoms with Gasteiger partial charge in [-0.05, 0) is 12.1 Å². The maximum Gasteiger partial charge on any atom is 0.173 e. The zero-order valence-corrected chi connectivity index (χ0v) is 13.4. The number of hydrogen-bond acceptors (Lipinski definition) is 8. The molecule has 1 aliphatic rings. The Labute approximate surface area is 141 Å². The van der Waals surface area contributed by atoms with Crippen LogP contribution in [0.5, 0.6) is 5.75 Å². The Morgan fingerprint density at radius 2 is 1.87 bits per heavy atom. The quantitative estimate of drug-likeness (QED) is 0.691. The number of aliphatic hydroxyl groups excluding tert-OH is 3. The van der Waals surface area contributed by atoms with Crippen LogP contribution in [-0.2, 0) is 0 Å². The maximum atomic E-state index is 9.96. The van der Waals surface area contributed by atoms with Crippen LogP contribution in [0.15, 0.2) is 30.9 Å². The third-order valence-corrected chi connectivity index (χ3v) is 4.88. The summed E-state index contributed by atoms with van der Waals surface area (Å²) in [6.45, 7) is 0. The van der Waals surface area contributed by atoms with E-state index in [9.17, 15) is 15.3 Å². The summed E-state index contributed by atoms with van der Waals surface area (Å²) < 4.78 is 5.62. The molecule has 0 saturated carbocycles. The van der Waals surface area contributed by atoms with Crippen molar-refractivity contribution in [1.82, 2.24) is 15.0 Å². The molecule has 0 amide bonds. The summed E-state index contributed by atoms with van der Waals surface area (Å²) >= 11 is 7.33. The summed E-state index contributed by atoms with van der Waals surface area (Å²) in [7, 11) is 0. The van der Waals surface area contributed by atoms with Crippen LogP contribution in [-0.4, -0.2) is 59.8 Å². The minimum absolute atomic E-state index is 0.125. The van der Waals surface area contributed by atoms with Gasteiger partial charge in [-0.3, -0.25) is 0 Å². The van der Waals surface area contributed by atoms with Crippen molar-refractivity contribution in [3.8, 4) is 17.0 Å². The van der Waals surface area contributed by atoms with Gasteiger partial charge < -0.3 is 20.1 Å². The van der Waals surface area contributed by atoms with E-state index in [4.69, 9.17) is 16.3 Å². The number of rotatable bonds is 3. The third-order valence-electron chi connectivity index (χ3n) is 3.37. The first-order valence-corrected chi connectivity index (χ1v) is 8.23. The Kier molecular flexibility index (Phi) is 4.98. The van der Waals surface area contributed by atoms with Crippen LogP contribution in [0, 0.1) is 0 Å². The van der Waals surface area contributed by atoms with Crippen molar-refractivity contribution in [2.45, 2.75) is 23.7 Å². The van der Waals surface area contributed by atoms with Crippen LogP contribution in [0.25, 0.3) is 11.3 Å². The maximum absolute atomic E-state index is 9.96. The molecule has 0 aromatic carbocycles. The van der Waals surface area contributed by atoms with E-state index in [2.05, 4.69) is 15.0 Å². The van der Waals surface area contributed by atoms with Gasteiger partial charge in [0.05, 0.1) is 11.8 Å². The van der Waals surface area contributed by atoms with Gasteiger partial charge in [0.1, 0.15) is 18.5 Å². The fourth-order valence-electron chi connectivity index (χ4n) is 2.11. The molecule has 3 heterocycles. The molecule has 2 aromatic heterocycles. The molecule has 4 atom stereocenters. The lowest BCUT2D eigenvalue weighted by Crippen LogP contribution is -2.50. The molecule has 2 aromatic rings. The van der Waals surface area contributed by atoms with E-state index in [0.29, 0.717) is 11.3 Å². The lowest BCUT2D eigenvalue weighted by molar-refractivity contribution is -0.0786. The molecule has 1 aliphatic heterocycles. The highest BCUT2D eigenvalue weighted by Crippen LogP contribution is 2.33. The average molecular weight is 356 g/mol. The lowest BCUT2D eigenvalue weighted by atomic mass is 10.1. The van der Waals surface area contributed by atoms with Crippen LogP contribution in [0.4, 0.5) is 0 Å². The highest BCUT2D eigenvalue weighted by Gasteiger charge is 2.38. The van der Waals surface area contributed by atoms with Gasteiger partial charge in [0.15, 0.2) is 16.3 Å². The second-order valence-electron chi connectivity index (χ2n) is 4.98. The molecule has 23 heavy (non-hydrogen) atoms. The monoisotopic (exact) mass is 355 g/mol. The summed E-state index contributed by atoms with van der Waals surface area (Å²) in [5.74, 6) is 0.542. The predicted molar refractivity (Wildman–Crippen MR) is 85.2 cm³/mol. The molecule has 9 heteroatoms. The van der Waals surface area contributed by atoms with Crippen molar-refractivity contribution in [2.24, 2.45) is 0 Å². The van der Waals surface area contributed by atoms with E-state index in [1.54, 1.807) is 24.5 Å². The van der Waals surface area contributed by atoms with Crippen molar-refractivity contribution in [1.29, 1.82) is 0 Å². The largest absolute Gasteiger partial charge is 0.474 e. The smallest absolute Gasteiger partial charge is 0.173 e. The highest BCUT2D eigenvalue weighted by atomic mass is 35.5. The van der Waals surface area contributed by atoms with Gasteiger partial charge in [0.2, 0.25) is 0 Å². The van der Waals surface area contributed by atoms with Gasteiger partial charge in [-0.1, -0.05) is 11.6 Å². The Balaban J connectivity index is 1.77. The predicted octanol–water partition coefficient (Wildman–Crippen LogP) is 0.726. The molecule has 0 radical (unpaired) electrons. The SMILES string of the molecule is O[C@@H]1[C@@H](O)[C@@H](Oc2ccc(-c3cncnc3)nc2Cl)SC[C@H]1O. The Morgan fingerprint density at radius 1 is 1.13 bits per heavy atom.